The second-order valence-electron chi connectivity index (χ2n) is 21.1. The highest BCUT2D eigenvalue weighted by atomic mass is 14.5. The van der Waals surface area contributed by atoms with Gasteiger partial charge in [0, 0.05) is 0 Å². The van der Waals surface area contributed by atoms with Gasteiger partial charge in [0.15, 0.2) is 0 Å². The molecule has 1 atom stereocenters. The molecule has 12 aromatic rings. The summed E-state index contributed by atoms with van der Waals surface area (Å²) in [6.45, 7) is 0. The number of nitrogens with zero attached hydrogens (tertiary/aromatic N) is 2. The average Bonchev–Trinajstić information content (AvgIpc) is 3.86. The molecular formula is C76H44N2. The van der Waals surface area contributed by atoms with Gasteiger partial charge in [0.05, 0.1) is 34.1 Å². The van der Waals surface area contributed by atoms with Crippen molar-refractivity contribution >= 4 is 0 Å². The van der Waals surface area contributed by atoms with Crippen LogP contribution in [0.4, 0.5) is 0 Å². The molecule has 0 aromatic heterocycles. The summed E-state index contributed by atoms with van der Waals surface area (Å²) >= 11 is 0. The van der Waals surface area contributed by atoms with E-state index in [-0.39, 0.29) is 0 Å². The van der Waals surface area contributed by atoms with Gasteiger partial charge in [-0.05, 0) is 181 Å². The monoisotopic (exact) mass is 984 g/mol. The quantitative estimate of drug-likeness (QED) is 0.172. The van der Waals surface area contributed by atoms with Crippen LogP contribution < -0.4 is 0 Å². The third kappa shape index (κ3) is 5.79. The zero-order chi connectivity index (χ0) is 51.7. The molecule has 0 aliphatic heterocycles. The van der Waals surface area contributed by atoms with E-state index < -0.39 is 10.8 Å². The molecule has 0 saturated carbocycles. The van der Waals surface area contributed by atoms with Crippen molar-refractivity contribution in [3.8, 4) is 112 Å². The molecule has 0 N–H and O–H groups in total. The first-order valence-electron chi connectivity index (χ1n) is 26.8. The topological polar surface area (TPSA) is 47.6 Å². The fraction of sp³-hybridized carbons (Fsp3) is 0.0263. The Labute approximate surface area is 453 Å². The molecule has 12 aromatic carbocycles. The first-order chi connectivity index (χ1) is 38.6. The number of nitriles is 2. The highest BCUT2D eigenvalue weighted by Gasteiger charge is 2.54. The van der Waals surface area contributed by atoms with E-state index in [9.17, 15) is 10.5 Å². The van der Waals surface area contributed by atoms with Crippen LogP contribution in [0.2, 0.25) is 0 Å². The molecule has 358 valence electrons. The molecule has 1 unspecified atom stereocenters. The Morgan fingerprint density at radius 2 is 0.538 bits per heavy atom. The van der Waals surface area contributed by atoms with Crippen LogP contribution in [-0.2, 0) is 10.8 Å². The Morgan fingerprint density at radius 3 is 1.03 bits per heavy atom. The summed E-state index contributed by atoms with van der Waals surface area (Å²) in [7, 11) is 0. The molecule has 78 heavy (non-hydrogen) atoms. The Hall–Kier alpha value is -10.4. The van der Waals surface area contributed by atoms with E-state index in [1.54, 1.807) is 0 Å². The average molecular weight is 985 g/mol. The maximum atomic E-state index is 10.6. The van der Waals surface area contributed by atoms with Gasteiger partial charge in [-0.15, -0.1) is 0 Å². The number of benzene rings is 12. The van der Waals surface area contributed by atoms with Crippen molar-refractivity contribution in [1.29, 1.82) is 10.5 Å². The molecule has 4 aliphatic rings. The van der Waals surface area contributed by atoms with Crippen LogP contribution in [0.1, 0.15) is 55.6 Å². The lowest BCUT2D eigenvalue weighted by atomic mass is 9.70. The number of hydrogen-bond acceptors (Lipinski definition) is 2. The minimum atomic E-state index is -0.594. The molecule has 0 radical (unpaired) electrons. The third-order valence-corrected chi connectivity index (χ3v) is 17.6. The lowest BCUT2D eigenvalue weighted by molar-refractivity contribution is 0.794. The van der Waals surface area contributed by atoms with Crippen LogP contribution in [-0.4, -0.2) is 0 Å². The number of fused-ring (bicyclic) bond motifs is 20. The van der Waals surface area contributed by atoms with Crippen LogP contribution in [0, 0.1) is 22.7 Å². The van der Waals surface area contributed by atoms with E-state index in [4.69, 9.17) is 0 Å². The normalized spacial score (nSPS) is 14.8. The summed E-state index contributed by atoms with van der Waals surface area (Å²) in [4.78, 5) is 0. The van der Waals surface area contributed by atoms with Crippen LogP contribution in [0.15, 0.2) is 267 Å². The first kappa shape index (κ1) is 44.0. The van der Waals surface area contributed by atoms with Crippen LogP contribution in [0.3, 0.4) is 0 Å². The van der Waals surface area contributed by atoms with E-state index in [1.807, 2.05) is 30.3 Å². The smallest absolute Gasteiger partial charge is 0.0991 e. The van der Waals surface area contributed by atoms with Gasteiger partial charge in [-0.1, -0.05) is 231 Å². The van der Waals surface area contributed by atoms with Gasteiger partial charge in [0.1, 0.15) is 0 Å². The third-order valence-electron chi connectivity index (χ3n) is 17.6. The van der Waals surface area contributed by atoms with Gasteiger partial charge in [-0.2, -0.15) is 10.5 Å². The molecule has 2 spiro atoms. The van der Waals surface area contributed by atoms with Crippen molar-refractivity contribution < 1.29 is 0 Å². The van der Waals surface area contributed by atoms with Gasteiger partial charge >= 0.3 is 0 Å². The minimum absolute atomic E-state index is 0.442. The molecule has 0 fully saturated rings. The standard InChI is InChI=1S/C76H44N2/c77-45-47-36-39-49(40-37-47)50-16-11-17-51(43-50)54-25-14-34-70-73(54)61-23-4-9-31-67(61)76(70)68-32-10-5-24-62(68)74-59(27-15-35-71(74)76)56-41-38-48(46-78)42-63(56)53-19-12-18-52(44-53)55-26-13-33-69-72(55)60-22-3-8-30-66(60)75(69)64-28-6-1-20-57(64)58-21-2-7-29-65(58)75/h1-44H. The molecule has 0 saturated heterocycles. The Morgan fingerprint density at radius 1 is 0.205 bits per heavy atom. The lowest BCUT2D eigenvalue weighted by Gasteiger charge is -2.30. The second kappa shape index (κ2) is 16.6. The van der Waals surface area contributed by atoms with E-state index in [0.717, 1.165) is 44.5 Å². The summed E-state index contributed by atoms with van der Waals surface area (Å²) < 4.78 is 0. The van der Waals surface area contributed by atoms with Crippen molar-refractivity contribution in [2.24, 2.45) is 0 Å². The molecule has 0 heterocycles. The van der Waals surface area contributed by atoms with Gasteiger partial charge in [0.25, 0.3) is 0 Å². The first-order valence-corrected chi connectivity index (χ1v) is 26.8. The molecular weight excluding hydrogens is 941 g/mol. The molecule has 16 rings (SSSR count). The van der Waals surface area contributed by atoms with Gasteiger partial charge in [0.2, 0.25) is 0 Å². The van der Waals surface area contributed by atoms with Crippen molar-refractivity contribution in [2.45, 2.75) is 10.8 Å². The zero-order valence-electron chi connectivity index (χ0n) is 42.3. The summed E-state index contributed by atoms with van der Waals surface area (Å²) in [6, 6.07) is 102. The maximum absolute atomic E-state index is 10.6. The Kier molecular flexibility index (Phi) is 9.33. The van der Waals surface area contributed by atoms with E-state index in [2.05, 4.69) is 249 Å². The number of hydrogen-bond donors (Lipinski definition) is 0. The van der Waals surface area contributed by atoms with Crippen molar-refractivity contribution in [3.63, 3.8) is 0 Å². The van der Waals surface area contributed by atoms with E-state index in [1.165, 1.54) is 100 Å². The Balaban J connectivity index is 0.876. The molecule has 4 aliphatic carbocycles. The number of rotatable bonds is 5. The summed E-state index contributed by atoms with van der Waals surface area (Å²) in [5.41, 5.74) is 31.7. The predicted octanol–water partition coefficient (Wildman–Crippen LogP) is 18.5. The van der Waals surface area contributed by atoms with Crippen LogP contribution >= 0.6 is 0 Å². The van der Waals surface area contributed by atoms with Crippen molar-refractivity contribution in [2.75, 3.05) is 0 Å². The highest BCUT2D eigenvalue weighted by Crippen LogP contribution is 2.67. The molecule has 0 bridgehead atoms. The summed E-state index contributed by atoms with van der Waals surface area (Å²) in [6.07, 6.45) is 0. The largest absolute Gasteiger partial charge is 0.192 e. The fourth-order valence-corrected chi connectivity index (χ4v) is 14.6. The predicted molar refractivity (Wildman–Crippen MR) is 316 cm³/mol. The highest BCUT2D eigenvalue weighted by molar-refractivity contribution is 6.05. The van der Waals surface area contributed by atoms with Crippen LogP contribution in [0.5, 0.6) is 0 Å². The van der Waals surface area contributed by atoms with E-state index in [0.29, 0.717) is 11.1 Å². The van der Waals surface area contributed by atoms with Crippen molar-refractivity contribution in [3.05, 3.63) is 323 Å². The zero-order valence-corrected chi connectivity index (χ0v) is 42.3. The molecule has 2 nitrogen and oxygen atoms in total. The second-order valence-corrected chi connectivity index (χ2v) is 21.1. The van der Waals surface area contributed by atoms with Gasteiger partial charge in [-0.25, -0.2) is 0 Å². The fourth-order valence-electron chi connectivity index (χ4n) is 14.6. The molecule has 0 amide bonds. The summed E-state index contributed by atoms with van der Waals surface area (Å²) in [5.74, 6) is 0. The van der Waals surface area contributed by atoms with Gasteiger partial charge < -0.3 is 0 Å². The molecule has 2 heteroatoms. The van der Waals surface area contributed by atoms with E-state index >= 15 is 0 Å². The van der Waals surface area contributed by atoms with Crippen molar-refractivity contribution in [1.82, 2.24) is 0 Å². The summed E-state index contributed by atoms with van der Waals surface area (Å²) in [5, 5.41) is 20.1. The maximum Gasteiger partial charge on any atom is 0.0991 e. The minimum Gasteiger partial charge on any atom is -0.192 e. The van der Waals surface area contributed by atoms with Gasteiger partial charge in [-0.3, -0.25) is 0 Å². The Bertz CT molecular complexity index is 4610. The SMILES string of the molecule is N#Cc1ccc(-c2cccc(-c3cccc4c3-c3ccccc3C43c4ccccc4-c4c(-c5ccc(C#N)cc5-c5cccc(-c6cccc7c6-c6ccccc6C76c7ccccc7-c7ccccc76)c5)cccc43)c2)cc1. The lowest BCUT2D eigenvalue weighted by Crippen LogP contribution is -2.25. The van der Waals surface area contributed by atoms with Crippen LogP contribution in [0.25, 0.3) is 100 Å².